The van der Waals surface area contributed by atoms with Crippen molar-refractivity contribution in [1.82, 2.24) is 0 Å². The summed E-state index contributed by atoms with van der Waals surface area (Å²) in [6.07, 6.45) is 0. The molecule has 0 atom stereocenters. The predicted octanol–water partition coefficient (Wildman–Crippen LogP) is 3.98. The summed E-state index contributed by atoms with van der Waals surface area (Å²) in [5, 5.41) is 0. The van der Waals surface area contributed by atoms with Gasteiger partial charge in [-0.3, -0.25) is 4.79 Å². The molecule has 1 nitrogen and oxygen atoms in total. The van der Waals surface area contributed by atoms with Crippen LogP contribution in [-0.2, 0) is 0 Å². The maximum Gasteiger partial charge on any atom is 0.193 e. The lowest BCUT2D eigenvalue weighted by Gasteiger charge is -2.09. The molecule has 0 amide bonds. The van der Waals surface area contributed by atoms with Crippen LogP contribution in [0.2, 0.25) is 0 Å². The largest absolute Gasteiger partial charge is 0.289 e. The summed E-state index contributed by atoms with van der Waals surface area (Å²) in [6, 6.07) is 9.56. The number of benzene rings is 2. The molecule has 2 heteroatoms. The van der Waals surface area contributed by atoms with E-state index in [4.69, 9.17) is 0 Å². The van der Waals surface area contributed by atoms with Gasteiger partial charge in [0, 0.05) is 11.1 Å². The molecule has 18 heavy (non-hydrogen) atoms. The molecule has 0 N–H and O–H groups in total. The van der Waals surface area contributed by atoms with E-state index in [0.717, 1.165) is 11.1 Å². The van der Waals surface area contributed by atoms with Gasteiger partial charge in [-0.05, 0) is 67.8 Å². The quantitative estimate of drug-likeness (QED) is 0.728. The van der Waals surface area contributed by atoms with Crippen molar-refractivity contribution >= 4 is 5.78 Å². The number of ketones is 1. The number of rotatable bonds is 2. The van der Waals surface area contributed by atoms with Crippen LogP contribution >= 0.6 is 0 Å². The van der Waals surface area contributed by atoms with Crippen molar-refractivity contribution in [3.63, 3.8) is 0 Å². The van der Waals surface area contributed by atoms with E-state index in [2.05, 4.69) is 0 Å². The fourth-order valence-electron chi connectivity index (χ4n) is 1.96. The molecule has 0 spiro atoms. The fourth-order valence-corrected chi connectivity index (χ4v) is 1.96. The molecule has 0 saturated heterocycles. The lowest BCUT2D eigenvalue weighted by atomic mass is 9.95. The van der Waals surface area contributed by atoms with Gasteiger partial charge in [0.2, 0.25) is 0 Å². The zero-order valence-corrected chi connectivity index (χ0v) is 10.8. The highest BCUT2D eigenvalue weighted by molar-refractivity contribution is 6.10. The Labute approximate surface area is 106 Å². The monoisotopic (exact) mass is 242 g/mol. The molecule has 92 valence electrons. The van der Waals surface area contributed by atoms with Crippen molar-refractivity contribution in [3.05, 3.63) is 70.0 Å². The first-order valence-electron chi connectivity index (χ1n) is 5.87. The molecule has 0 aromatic heterocycles. The maximum absolute atomic E-state index is 12.8. The Morgan fingerprint density at radius 3 is 2.06 bits per heavy atom. The second-order valence-corrected chi connectivity index (χ2v) is 4.59. The van der Waals surface area contributed by atoms with E-state index >= 15 is 0 Å². The van der Waals surface area contributed by atoms with Crippen LogP contribution in [-0.4, -0.2) is 5.78 Å². The number of carbonyl (C=O) groups is 1. The normalized spacial score (nSPS) is 10.4. The first-order chi connectivity index (χ1) is 8.49. The minimum atomic E-state index is -0.330. The van der Waals surface area contributed by atoms with Crippen molar-refractivity contribution in [3.8, 4) is 0 Å². The molecule has 0 aliphatic carbocycles. The highest BCUT2D eigenvalue weighted by Gasteiger charge is 2.12. The van der Waals surface area contributed by atoms with Gasteiger partial charge in [-0.25, -0.2) is 4.39 Å². The summed E-state index contributed by atoms with van der Waals surface area (Å²) >= 11 is 0. The van der Waals surface area contributed by atoms with Crippen molar-refractivity contribution < 1.29 is 9.18 Å². The van der Waals surface area contributed by atoms with Crippen LogP contribution in [0.3, 0.4) is 0 Å². The van der Waals surface area contributed by atoms with E-state index in [1.54, 1.807) is 0 Å². The van der Waals surface area contributed by atoms with Crippen LogP contribution in [0.15, 0.2) is 36.4 Å². The first kappa shape index (κ1) is 12.5. The van der Waals surface area contributed by atoms with E-state index in [0.29, 0.717) is 11.1 Å². The molecule has 0 bridgehead atoms. The van der Waals surface area contributed by atoms with Crippen molar-refractivity contribution in [2.45, 2.75) is 20.8 Å². The average Bonchev–Trinajstić information content (AvgIpc) is 2.34. The Balaban J connectivity index is 2.46. The Bertz CT molecular complexity index is 597. The Morgan fingerprint density at radius 2 is 1.44 bits per heavy atom. The molecular formula is C16H15FO. The zero-order valence-electron chi connectivity index (χ0n) is 10.8. The van der Waals surface area contributed by atoms with Gasteiger partial charge in [-0.2, -0.15) is 0 Å². The standard InChI is InChI=1S/C16H15FO/c1-10-8-12(3)15(9-11(10)2)16(18)13-4-6-14(17)7-5-13/h4-9H,1-3H3. The minimum absolute atomic E-state index is 0.0596. The Hall–Kier alpha value is -1.96. The molecule has 0 heterocycles. The summed E-state index contributed by atoms with van der Waals surface area (Å²) in [7, 11) is 0. The van der Waals surface area contributed by atoms with Crippen LogP contribution < -0.4 is 0 Å². The van der Waals surface area contributed by atoms with E-state index < -0.39 is 0 Å². The van der Waals surface area contributed by atoms with Gasteiger partial charge < -0.3 is 0 Å². The third-order valence-electron chi connectivity index (χ3n) is 3.19. The number of aryl methyl sites for hydroxylation is 3. The molecule has 0 aliphatic rings. The SMILES string of the molecule is Cc1cc(C)c(C(=O)c2ccc(F)cc2)cc1C. The molecule has 2 aromatic rings. The number of halogens is 1. The van der Waals surface area contributed by atoms with Crippen LogP contribution in [0, 0.1) is 26.6 Å². The minimum Gasteiger partial charge on any atom is -0.289 e. The molecule has 2 rings (SSSR count). The third kappa shape index (κ3) is 2.33. The smallest absolute Gasteiger partial charge is 0.193 e. The van der Waals surface area contributed by atoms with Crippen molar-refractivity contribution in [1.29, 1.82) is 0 Å². The van der Waals surface area contributed by atoms with E-state index in [1.165, 1.54) is 29.8 Å². The zero-order chi connectivity index (χ0) is 13.3. The predicted molar refractivity (Wildman–Crippen MR) is 70.5 cm³/mol. The lowest BCUT2D eigenvalue weighted by Crippen LogP contribution is -2.05. The van der Waals surface area contributed by atoms with Gasteiger partial charge in [0.15, 0.2) is 5.78 Å². The van der Waals surface area contributed by atoms with E-state index in [9.17, 15) is 9.18 Å². The van der Waals surface area contributed by atoms with Crippen LogP contribution in [0.4, 0.5) is 4.39 Å². The highest BCUT2D eigenvalue weighted by Crippen LogP contribution is 2.19. The Morgan fingerprint density at radius 1 is 0.889 bits per heavy atom. The molecule has 0 aliphatic heterocycles. The Kier molecular flexibility index (Phi) is 3.28. The number of hydrogen-bond acceptors (Lipinski definition) is 1. The first-order valence-corrected chi connectivity index (χ1v) is 5.87. The summed E-state index contributed by atoms with van der Waals surface area (Å²) < 4.78 is 12.8. The molecule has 0 radical (unpaired) electrons. The van der Waals surface area contributed by atoms with E-state index in [1.807, 2.05) is 32.9 Å². The van der Waals surface area contributed by atoms with Crippen LogP contribution in [0.1, 0.15) is 32.6 Å². The van der Waals surface area contributed by atoms with Gasteiger partial charge in [0.25, 0.3) is 0 Å². The second-order valence-electron chi connectivity index (χ2n) is 4.59. The summed E-state index contributed by atoms with van der Waals surface area (Å²) in [6.45, 7) is 5.92. The maximum atomic E-state index is 12.8. The van der Waals surface area contributed by atoms with Crippen molar-refractivity contribution in [2.75, 3.05) is 0 Å². The number of carbonyl (C=O) groups excluding carboxylic acids is 1. The van der Waals surface area contributed by atoms with Crippen LogP contribution in [0.5, 0.6) is 0 Å². The summed E-state index contributed by atoms with van der Waals surface area (Å²) in [4.78, 5) is 12.3. The second kappa shape index (κ2) is 4.73. The average molecular weight is 242 g/mol. The van der Waals surface area contributed by atoms with Crippen LogP contribution in [0.25, 0.3) is 0 Å². The molecule has 0 unspecified atom stereocenters. The van der Waals surface area contributed by atoms with Gasteiger partial charge in [0.05, 0.1) is 0 Å². The molecular weight excluding hydrogens is 227 g/mol. The molecule has 0 fully saturated rings. The van der Waals surface area contributed by atoms with Gasteiger partial charge in [0.1, 0.15) is 5.82 Å². The van der Waals surface area contributed by atoms with Gasteiger partial charge in [-0.15, -0.1) is 0 Å². The topological polar surface area (TPSA) is 17.1 Å². The summed E-state index contributed by atoms with van der Waals surface area (Å²) in [5.74, 6) is -0.390. The molecule has 2 aromatic carbocycles. The third-order valence-corrected chi connectivity index (χ3v) is 3.19. The highest BCUT2D eigenvalue weighted by atomic mass is 19.1. The van der Waals surface area contributed by atoms with Gasteiger partial charge >= 0.3 is 0 Å². The van der Waals surface area contributed by atoms with Gasteiger partial charge in [-0.1, -0.05) is 6.07 Å². The fraction of sp³-hybridized carbons (Fsp3) is 0.188. The summed E-state index contributed by atoms with van der Waals surface area (Å²) in [5.41, 5.74) is 4.41. The molecule has 0 saturated carbocycles. The lowest BCUT2D eigenvalue weighted by molar-refractivity contribution is 0.103. The van der Waals surface area contributed by atoms with E-state index in [-0.39, 0.29) is 11.6 Å². The van der Waals surface area contributed by atoms with Crippen molar-refractivity contribution in [2.24, 2.45) is 0 Å². The number of hydrogen-bond donors (Lipinski definition) is 0.